The maximum atomic E-state index is 12.4. The zero-order valence-electron chi connectivity index (χ0n) is 20.0. The molecule has 1 aromatic heterocycles. The largest absolute Gasteiger partial charge is 0.459 e. The van der Waals surface area contributed by atoms with Gasteiger partial charge in [-0.1, -0.05) is 57.2 Å². The van der Waals surface area contributed by atoms with Gasteiger partial charge in [0.1, 0.15) is 12.2 Å². The zero-order chi connectivity index (χ0) is 23.6. The summed E-state index contributed by atoms with van der Waals surface area (Å²) in [5.41, 5.74) is 2.14. The molecule has 0 radical (unpaired) electrons. The highest BCUT2D eigenvalue weighted by Gasteiger charge is 2.55. The Morgan fingerprint density at radius 3 is 2.48 bits per heavy atom. The van der Waals surface area contributed by atoms with E-state index >= 15 is 0 Å². The summed E-state index contributed by atoms with van der Waals surface area (Å²) in [4.78, 5) is 6.56. The van der Waals surface area contributed by atoms with Gasteiger partial charge in [-0.3, -0.25) is 0 Å². The highest BCUT2D eigenvalue weighted by molar-refractivity contribution is 5.57. The lowest BCUT2D eigenvalue weighted by atomic mass is 9.62. The summed E-state index contributed by atoms with van der Waals surface area (Å²) in [5.74, 6) is 0.774. The van der Waals surface area contributed by atoms with Crippen molar-refractivity contribution < 1.29 is 19.1 Å². The van der Waals surface area contributed by atoms with Crippen LogP contribution < -0.4 is 4.74 Å². The summed E-state index contributed by atoms with van der Waals surface area (Å²) in [6, 6.07) is 16.2. The van der Waals surface area contributed by atoms with E-state index in [4.69, 9.17) is 14.0 Å². The minimum Gasteiger partial charge on any atom is -0.459 e. The Kier molecular flexibility index (Phi) is 6.56. The van der Waals surface area contributed by atoms with E-state index in [1.54, 1.807) is 7.11 Å². The number of aromatic nitrogens is 2. The molecule has 0 saturated carbocycles. The number of likely N-dealkylation sites (tertiary alicyclic amines) is 1. The average Bonchev–Trinajstić information content (AvgIpc) is 3.27. The fourth-order valence-corrected chi connectivity index (χ4v) is 4.83. The maximum absolute atomic E-state index is 12.4. The second-order valence-corrected chi connectivity index (χ2v) is 9.52. The highest BCUT2D eigenvalue weighted by atomic mass is 16.6. The molecular weight excluding hydrogens is 418 g/mol. The van der Waals surface area contributed by atoms with Crippen molar-refractivity contribution in [2.75, 3.05) is 40.5 Å². The Balaban J connectivity index is 1.71. The topological polar surface area (TPSA) is 80.8 Å². The smallest absolute Gasteiger partial charge is 0.354 e. The van der Waals surface area contributed by atoms with Gasteiger partial charge in [-0.05, 0) is 46.9 Å². The molecule has 1 fully saturated rings. The van der Waals surface area contributed by atoms with Crippen molar-refractivity contribution in [3.05, 3.63) is 65.2 Å². The molecular formula is C26H33N3O4. The Hall–Kier alpha value is -2.74. The minimum atomic E-state index is -1.18. The number of ether oxygens (including phenoxy) is 2. The van der Waals surface area contributed by atoms with E-state index in [-0.39, 0.29) is 11.4 Å². The SMILES string of the molecule is COCCOc1noc(-c2cccc([C@@](O)(c3ccc(C(C)C)cc3)C3(C)CN(C)C3)c2)n1. The first kappa shape index (κ1) is 23.4. The van der Waals surface area contributed by atoms with Crippen LogP contribution in [0.25, 0.3) is 11.5 Å². The molecule has 4 rings (SSSR count). The first-order chi connectivity index (χ1) is 15.8. The van der Waals surface area contributed by atoms with Gasteiger partial charge in [0, 0.05) is 31.2 Å². The molecule has 33 heavy (non-hydrogen) atoms. The van der Waals surface area contributed by atoms with Crippen LogP contribution in [0.2, 0.25) is 0 Å². The number of hydrogen-bond acceptors (Lipinski definition) is 7. The predicted molar refractivity (Wildman–Crippen MR) is 126 cm³/mol. The van der Waals surface area contributed by atoms with E-state index in [2.05, 4.69) is 67.1 Å². The van der Waals surface area contributed by atoms with Gasteiger partial charge in [0.2, 0.25) is 0 Å². The second-order valence-electron chi connectivity index (χ2n) is 9.52. The molecule has 7 nitrogen and oxygen atoms in total. The summed E-state index contributed by atoms with van der Waals surface area (Å²) in [7, 11) is 3.68. The van der Waals surface area contributed by atoms with Gasteiger partial charge in [-0.25, -0.2) is 0 Å². The van der Waals surface area contributed by atoms with Crippen LogP contribution in [0.4, 0.5) is 0 Å². The molecule has 1 aliphatic heterocycles. The van der Waals surface area contributed by atoms with Crippen LogP contribution in [0.3, 0.4) is 0 Å². The van der Waals surface area contributed by atoms with Crippen LogP contribution in [0.1, 0.15) is 43.4 Å². The summed E-state index contributed by atoms with van der Waals surface area (Å²) in [5, 5.41) is 16.3. The molecule has 1 atom stereocenters. The quantitative estimate of drug-likeness (QED) is 0.491. The summed E-state index contributed by atoms with van der Waals surface area (Å²) < 4.78 is 15.8. The van der Waals surface area contributed by atoms with Crippen LogP contribution >= 0.6 is 0 Å². The van der Waals surface area contributed by atoms with E-state index in [0.29, 0.717) is 25.0 Å². The van der Waals surface area contributed by atoms with Crippen molar-refractivity contribution in [2.45, 2.75) is 32.3 Å². The van der Waals surface area contributed by atoms with Crippen molar-refractivity contribution >= 4 is 0 Å². The first-order valence-electron chi connectivity index (χ1n) is 11.3. The van der Waals surface area contributed by atoms with Gasteiger partial charge in [0.15, 0.2) is 0 Å². The Morgan fingerprint density at radius 1 is 1.12 bits per heavy atom. The van der Waals surface area contributed by atoms with Crippen LogP contribution in [0.15, 0.2) is 53.1 Å². The first-order valence-corrected chi connectivity index (χ1v) is 11.3. The van der Waals surface area contributed by atoms with Crippen LogP contribution in [0, 0.1) is 5.41 Å². The molecule has 1 aliphatic rings. The Bertz CT molecular complexity index is 1070. The van der Waals surface area contributed by atoms with Crippen molar-refractivity contribution in [1.82, 2.24) is 15.0 Å². The number of nitrogens with zero attached hydrogens (tertiary/aromatic N) is 3. The van der Waals surface area contributed by atoms with Gasteiger partial charge in [0.25, 0.3) is 5.89 Å². The van der Waals surface area contributed by atoms with E-state index in [9.17, 15) is 5.11 Å². The van der Waals surface area contributed by atoms with Crippen LogP contribution in [-0.2, 0) is 10.3 Å². The molecule has 1 N–H and O–H groups in total. The number of hydrogen-bond donors (Lipinski definition) is 1. The van der Waals surface area contributed by atoms with Gasteiger partial charge in [-0.2, -0.15) is 4.98 Å². The second kappa shape index (κ2) is 9.25. The summed E-state index contributed by atoms with van der Waals surface area (Å²) in [6.07, 6.45) is 0. The van der Waals surface area contributed by atoms with Crippen molar-refractivity contribution in [3.63, 3.8) is 0 Å². The summed E-state index contributed by atoms with van der Waals surface area (Å²) in [6.45, 7) is 8.84. The molecule has 0 amide bonds. The van der Waals surface area contributed by atoms with Crippen LogP contribution in [-0.4, -0.2) is 60.6 Å². The number of methoxy groups -OCH3 is 1. The van der Waals surface area contributed by atoms with E-state index in [1.165, 1.54) is 5.56 Å². The minimum absolute atomic E-state index is 0.166. The monoisotopic (exact) mass is 451 g/mol. The van der Waals surface area contributed by atoms with E-state index in [1.807, 2.05) is 24.3 Å². The zero-order valence-corrected chi connectivity index (χ0v) is 20.0. The predicted octanol–water partition coefficient (Wildman–Crippen LogP) is 4.07. The lowest BCUT2D eigenvalue weighted by Gasteiger charge is -2.56. The molecule has 3 aromatic rings. The van der Waals surface area contributed by atoms with Crippen LogP contribution in [0.5, 0.6) is 6.01 Å². The molecule has 2 heterocycles. The van der Waals surface area contributed by atoms with Gasteiger partial charge < -0.3 is 24.0 Å². The third kappa shape index (κ3) is 4.40. The van der Waals surface area contributed by atoms with Gasteiger partial charge >= 0.3 is 6.01 Å². The fourth-order valence-electron chi connectivity index (χ4n) is 4.83. The number of aliphatic hydroxyl groups is 1. The Morgan fingerprint density at radius 2 is 1.85 bits per heavy atom. The van der Waals surface area contributed by atoms with Gasteiger partial charge in [-0.15, -0.1) is 0 Å². The third-order valence-electron chi connectivity index (χ3n) is 6.56. The standard InChI is InChI=1S/C26H33N3O4/c1-18(2)19-9-11-21(12-10-19)26(30,25(3)16-29(4)17-25)22-8-6-7-20(15-22)23-27-24(28-33-23)32-14-13-31-5/h6-12,15,18,30H,13-14,16-17H2,1-5H3/t26-/m0/s1. The maximum Gasteiger partial charge on any atom is 0.354 e. The normalized spacial score (nSPS) is 17.5. The molecule has 0 bridgehead atoms. The van der Waals surface area contributed by atoms with Crippen molar-refractivity contribution in [3.8, 4) is 17.5 Å². The average molecular weight is 452 g/mol. The molecule has 0 spiro atoms. The Labute approximate surface area is 195 Å². The third-order valence-corrected chi connectivity index (χ3v) is 6.56. The van der Waals surface area contributed by atoms with Crippen molar-refractivity contribution in [1.29, 1.82) is 0 Å². The molecule has 7 heteroatoms. The lowest BCUT2D eigenvalue weighted by molar-refractivity contribution is -0.127. The number of rotatable bonds is 9. The molecule has 0 unspecified atom stereocenters. The van der Waals surface area contributed by atoms with E-state index < -0.39 is 5.60 Å². The fraction of sp³-hybridized carbons (Fsp3) is 0.462. The number of benzene rings is 2. The molecule has 176 valence electrons. The molecule has 2 aromatic carbocycles. The summed E-state index contributed by atoms with van der Waals surface area (Å²) >= 11 is 0. The highest BCUT2D eigenvalue weighted by Crippen LogP contribution is 2.50. The lowest BCUT2D eigenvalue weighted by Crippen LogP contribution is -2.63. The molecule has 1 saturated heterocycles. The molecule has 0 aliphatic carbocycles. The van der Waals surface area contributed by atoms with Crippen molar-refractivity contribution in [2.24, 2.45) is 5.41 Å². The van der Waals surface area contributed by atoms with E-state index in [0.717, 1.165) is 29.8 Å². The van der Waals surface area contributed by atoms with Gasteiger partial charge in [0.05, 0.1) is 6.61 Å².